The monoisotopic (exact) mass is 410 g/mol. The van der Waals surface area contributed by atoms with Gasteiger partial charge in [0.25, 0.3) is 0 Å². The maximum Gasteiger partial charge on any atom is 0.462 e. The maximum absolute atomic E-state index is 13.8. The summed E-state index contributed by atoms with van der Waals surface area (Å²) < 4.78 is 145. The zero-order chi connectivity index (χ0) is 20.8. The van der Waals surface area contributed by atoms with E-state index in [0.717, 1.165) is 12.2 Å². The number of carbonyl (C=O) groups excluding carboxylic acids is 1. The smallest absolute Gasteiger partial charge is 0.360 e. The lowest BCUT2D eigenvalue weighted by atomic mass is 10.2. The molecule has 0 aliphatic heterocycles. The van der Waals surface area contributed by atoms with Crippen LogP contribution < -0.4 is 5.32 Å². The van der Waals surface area contributed by atoms with Crippen molar-refractivity contribution in [1.82, 2.24) is 5.16 Å². The Bertz CT molecular complexity index is 666. The largest absolute Gasteiger partial charge is 0.462 e. The van der Waals surface area contributed by atoms with E-state index in [0.29, 0.717) is 6.07 Å². The van der Waals surface area contributed by atoms with Crippen LogP contribution in [-0.4, -0.2) is 41.3 Å². The van der Waals surface area contributed by atoms with Gasteiger partial charge in [-0.15, -0.1) is 0 Å². The highest BCUT2D eigenvalue weighted by Crippen LogP contribution is 2.51. The van der Waals surface area contributed by atoms with Gasteiger partial charge in [0.1, 0.15) is 5.76 Å². The molecule has 0 spiro atoms. The van der Waals surface area contributed by atoms with E-state index < -0.39 is 42.0 Å². The van der Waals surface area contributed by atoms with E-state index in [1.807, 2.05) is 0 Å². The molecule has 1 aromatic rings. The predicted octanol–water partition coefficient (Wildman–Crippen LogP) is 3.96. The van der Waals surface area contributed by atoms with E-state index in [2.05, 4.69) is 14.4 Å². The van der Waals surface area contributed by atoms with Gasteiger partial charge in [0.05, 0.1) is 0 Å². The SMILES string of the molecule is Cc1cc(NC(=O)[C@](F)(OC(F)(F)C(F)(F)C(F)(F)F)C(F)(F)F)no1. The number of anilines is 1. The minimum atomic E-state index is -7.26. The maximum atomic E-state index is 13.8. The number of ether oxygens (including phenoxy) is 1. The molecule has 5 nitrogen and oxygen atoms in total. The molecule has 1 atom stereocenters. The number of aryl methyl sites for hydroxylation is 1. The van der Waals surface area contributed by atoms with Gasteiger partial charge in [-0.1, -0.05) is 5.16 Å². The number of amides is 1. The average molecular weight is 410 g/mol. The van der Waals surface area contributed by atoms with Crippen molar-refractivity contribution in [1.29, 1.82) is 0 Å². The van der Waals surface area contributed by atoms with Gasteiger partial charge in [-0.25, -0.2) is 0 Å². The lowest BCUT2D eigenvalue weighted by Crippen LogP contribution is -2.62. The highest BCUT2D eigenvalue weighted by molar-refractivity contribution is 5.96. The fourth-order valence-corrected chi connectivity index (χ4v) is 1.26. The van der Waals surface area contributed by atoms with Crippen LogP contribution in [0.2, 0.25) is 0 Å². The normalized spacial score (nSPS) is 16.3. The highest BCUT2D eigenvalue weighted by Gasteiger charge is 2.79. The predicted molar refractivity (Wildman–Crippen MR) is 56.8 cm³/mol. The van der Waals surface area contributed by atoms with Crippen LogP contribution in [-0.2, 0) is 9.53 Å². The van der Waals surface area contributed by atoms with Crippen LogP contribution in [0.15, 0.2) is 10.6 Å². The van der Waals surface area contributed by atoms with E-state index in [1.54, 1.807) is 0 Å². The molecule has 16 heteroatoms. The standard InChI is InChI=1S/C10H5F11N2O3/c1-3-2-4(23-25-3)22-5(24)6(11,8(14,15)16)26-10(20,21)7(12,13)9(17,18)19/h2H,1H3,(H,22,23,24)/t6-/m0/s1. The summed E-state index contributed by atoms with van der Waals surface area (Å²) in [5.41, 5.74) is 0. The molecule has 0 radical (unpaired) electrons. The van der Waals surface area contributed by atoms with Crippen LogP contribution in [0.25, 0.3) is 0 Å². The zero-order valence-corrected chi connectivity index (χ0v) is 11.9. The number of hydrogen-bond donors (Lipinski definition) is 1. The number of alkyl halides is 11. The van der Waals surface area contributed by atoms with E-state index in [4.69, 9.17) is 0 Å². The van der Waals surface area contributed by atoms with Crippen LogP contribution in [0.1, 0.15) is 5.76 Å². The fraction of sp³-hybridized carbons (Fsp3) is 0.600. The molecular weight excluding hydrogens is 405 g/mol. The van der Waals surface area contributed by atoms with Crippen molar-refractivity contribution in [2.75, 3.05) is 5.32 Å². The molecule has 0 bridgehead atoms. The Morgan fingerprint density at radius 2 is 1.50 bits per heavy atom. The number of rotatable bonds is 5. The molecule has 1 aromatic heterocycles. The van der Waals surface area contributed by atoms with Crippen molar-refractivity contribution in [3.8, 4) is 0 Å². The van der Waals surface area contributed by atoms with Gasteiger partial charge < -0.3 is 9.84 Å². The summed E-state index contributed by atoms with van der Waals surface area (Å²) in [5, 5.41) is 3.72. The number of hydrogen-bond acceptors (Lipinski definition) is 4. The number of aromatic nitrogens is 1. The number of halogens is 11. The van der Waals surface area contributed by atoms with Crippen molar-refractivity contribution in [2.45, 2.75) is 37.2 Å². The molecule has 0 aromatic carbocycles. The zero-order valence-electron chi connectivity index (χ0n) is 11.9. The molecule has 1 rings (SSSR count). The van der Waals surface area contributed by atoms with Crippen LogP contribution in [0, 0.1) is 6.92 Å². The Morgan fingerprint density at radius 3 is 1.85 bits per heavy atom. The van der Waals surface area contributed by atoms with Gasteiger partial charge in [-0.05, 0) is 6.92 Å². The van der Waals surface area contributed by atoms with Crippen LogP contribution in [0.5, 0.6) is 0 Å². The van der Waals surface area contributed by atoms with Gasteiger partial charge in [-0.2, -0.15) is 48.3 Å². The van der Waals surface area contributed by atoms with Crippen LogP contribution >= 0.6 is 0 Å². The lowest BCUT2D eigenvalue weighted by Gasteiger charge is -2.33. The molecule has 0 unspecified atom stereocenters. The summed E-state index contributed by atoms with van der Waals surface area (Å²) in [6.45, 7) is 1.13. The third-order valence-corrected chi connectivity index (χ3v) is 2.52. The van der Waals surface area contributed by atoms with E-state index in [-0.39, 0.29) is 5.76 Å². The Morgan fingerprint density at radius 1 is 1.00 bits per heavy atom. The molecule has 0 aliphatic carbocycles. The highest BCUT2D eigenvalue weighted by atomic mass is 19.4. The third-order valence-electron chi connectivity index (χ3n) is 2.52. The van der Waals surface area contributed by atoms with Crippen LogP contribution in [0.4, 0.5) is 54.1 Å². The van der Waals surface area contributed by atoms with Crippen molar-refractivity contribution >= 4 is 11.7 Å². The number of nitrogens with zero attached hydrogens (tertiary/aromatic N) is 1. The summed E-state index contributed by atoms with van der Waals surface area (Å²) >= 11 is 0. The number of nitrogens with one attached hydrogen (secondary N) is 1. The van der Waals surface area contributed by atoms with E-state index >= 15 is 0 Å². The second-order valence-electron chi connectivity index (χ2n) is 4.56. The summed E-state index contributed by atoms with van der Waals surface area (Å²) in [7, 11) is 0. The summed E-state index contributed by atoms with van der Waals surface area (Å²) in [4.78, 5) is 11.3. The third kappa shape index (κ3) is 3.83. The first-order valence-electron chi connectivity index (χ1n) is 5.88. The summed E-state index contributed by atoms with van der Waals surface area (Å²) in [5.74, 6) is -17.9. The average Bonchev–Trinajstić information content (AvgIpc) is 2.80. The van der Waals surface area contributed by atoms with Crippen molar-refractivity contribution in [3.63, 3.8) is 0 Å². The first-order chi connectivity index (χ1) is 11.3. The molecule has 0 aliphatic rings. The van der Waals surface area contributed by atoms with Crippen molar-refractivity contribution in [2.24, 2.45) is 0 Å². The summed E-state index contributed by atoms with van der Waals surface area (Å²) in [6, 6.07) is 0.650. The van der Waals surface area contributed by atoms with Crippen molar-refractivity contribution in [3.05, 3.63) is 11.8 Å². The Hall–Kier alpha value is -2.13. The molecule has 0 saturated carbocycles. The molecule has 1 amide bonds. The second kappa shape index (κ2) is 6.24. The molecular formula is C10H5F11N2O3. The van der Waals surface area contributed by atoms with Gasteiger partial charge in [0, 0.05) is 6.07 Å². The number of carbonyl (C=O) groups is 1. The first-order valence-corrected chi connectivity index (χ1v) is 5.88. The summed E-state index contributed by atoms with van der Waals surface area (Å²) in [6.07, 6.45) is -21.0. The molecule has 26 heavy (non-hydrogen) atoms. The molecule has 0 fully saturated rings. The Labute approximate surface area is 135 Å². The molecule has 0 saturated heterocycles. The van der Waals surface area contributed by atoms with Crippen LogP contribution in [0.3, 0.4) is 0 Å². The topological polar surface area (TPSA) is 64.4 Å². The molecule has 150 valence electrons. The Balaban J connectivity index is 3.26. The minimum Gasteiger partial charge on any atom is -0.360 e. The van der Waals surface area contributed by atoms with Gasteiger partial charge in [0.15, 0.2) is 5.82 Å². The van der Waals surface area contributed by atoms with Gasteiger partial charge in [0.2, 0.25) is 0 Å². The van der Waals surface area contributed by atoms with Gasteiger partial charge >= 0.3 is 36.1 Å². The van der Waals surface area contributed by atoms with Gasteiger partial charge in [-0.3, -0.25) is 9.53 Å². The molecule has 1 N–H and O–H groups in total. The first kappa shape index (κ1) is 21.9. The second-order valence-corrected chi connectivity index (χ2v) is 4.56. The minimum absolute atomic E-state index is 0.174. The van der Waals surface area contributed by atoms with Crippen molar-refractivity contribution < 1.29 is 62.3 Å². The Kier molecular flexibility index (Phi) is 5.26. The quantitative estimate of drug-likeness (QED) is 0.747. The van der Waals surface area contributed by atoms with E-state index in [1.165, 1.54) is 0 Å². The lowest BCUT2D eigenvalue weighted by molar-refractivity contribution is -0.472. The molecule has 1 heterocycles. The fourth-order valence-electron chi connectivity index (χ4n) is 1.26. The van der Waals surface area contributed by atoms with E-state index in [9.17, 15) is 53.1 Å².